The number of hydrogen-bond donors (Lipinski definition) is 3. The molecule has 3 atom stereocenters. The Morgan fingerprint density at radius 1 is 1.42 bits per heavy atom. The predicted octanol–water partition coefficient (Wildman–Crippen LogP) is 1.79. The molecule has 1 aliphatic rings. The Balaban J connectivity index is 1.99. The summed E-state index contributed by atoms with van der Waals surface area (Å²) in [6.07, 6.45) is 3.33. The van der Waals surface area contributed by atoms with Gasteiger partial charge in [0.2, 0.25) is 5.91 Å². The molecule has 2 rings (SSSR count). The lowest BCUT2D eigenvalue weighted by molar-refractivity contribution is -0.124. The lowest BCUT2D eigenvalue weighted by Gasteiger charge is -2.29. The number of aliphatic hydroxyl groups excluding tert-OH is 1. The van der Waals surface area contributed by atoms with E-state index in [2.05, 4.69) is 5.32 Å². The van der Waals surface area contributed by atoms with Crippen LogP contribution < -0.4 is 11.1 Å². The summed E-state index contributed by atoms with van der Waals surface area (Å²) < 4.78 is 0. The molecule has 104 valence electrons. The van der Waals surface area contributed by atoms with Gasteiger partial charge < -0.3 is 16.2 Å². The largest absolute Gasteiger partial charge is 0.399 e. The van der Waals surface area contributed by atoms with Crippen LogP contribution in [0.1, 0.15) is 44.1 Å². The fourth-order valence-electron chi connectivity index (χ4n) is 2.57. The van der Waals surface area contributed by atoms with Crippen molar-refractivity contribution in [1.29, 1.82) is 0 Å². The van der Waals surface area contributed by atoms with Crippen molar-refractivity contribution in [3.8, 4) is 0 Å². The first-order valence-electron chi connectivity index (χ1n) is 6.92. The van der Waals surface area contributed by atoms with Gasteiger partial charge in [0.25, 0.3) is 0 Å². The standard InChI is InChI=1S/C15H22N2O2/c1-10(11-5-4-6-12(16)9-11)15(19)17-13-7-2-3-8-14(13)18/h4-6,9-10,13-14,18H,2-3,7-8,16H2,1H3,(H,17,19)/t10?,13-,14-/m1/s1. The molecule has 1 fully saturated rings. The second-order valence-corrected chi connectivity index (χ2v) is 5.36. The maximum Gasteiger partial charge on any atom is 0.227 e. The minimum Gasteiger partial charge on any atom is -0.399 e. The highest BCUT2D eigenvalue weighted by Gasteiger charge is 2.26. The van der Waals surface area contributed by atoms with Crippen LogP contribution in [-0.2, 0) is 4.79 Å². The molecule has 4 nitrogen and oxygen atoms in total. The Bertz CT molecular complexity index is 448. The highest BCUT2D eigenvalue weighted by Crippen LogP contribution is 2.21. The monoisotopic (exact) mass is 262 g/mol. The summed E-state index contributed by atoms with van der Waals surface area (Å²) >= 11 is 0. The normalized spacial score (nSPS) is 24.7. The Kier molecular flexibility index (Phi) is 4.43. The van der Waals surface area contributed by atoms with Crippen LogP contribution in [0.3, 0.4) is 0 Å². The minimum atomic E-state index is -0.411. The summed E-state index contributed by atoms with van der Waals surface area (Å²) in [5.74, 6) is -0.297. The summed E-state index contributed by atoms with van der Waals surface area (Å²) in [4.78, 5) is 12.2. The zero-order valence-corrected chi connectivity index (χ0v) is 11.3. The molecule has 0 spiro atoms. The topological polar surface area (TPSA) is 75.3 Å². The van der Waals surface area contributed by atoms with Crippen LogP contribution in [0.5, 0.6) is 0 Å². The first-order valence-corrected chi connectivity index (χ1v) is 6.92. The van der Waals surface area contributed by atoms with Crippen molar-refractivity contribution >= 4 is 11.6 Å². The summed E-state index contributed by atoms with van der Waals surface area (Å²) in [5, 5.41) is 12.8. The van der Waals surface area contributed by atoms with Gasteiger partial charge in [0.15, 0.2) is 0 Å². The van der Waals surface area contributed by atoms with Crippen LogP contribution in [0.2, 0.25) is 0 Å². The minimum absolute atomic E-state index is 0.0449. The third-order valence-electron chi connectivity index (χ3n) is 3.86. The van der Waals surface area contributed by atoms with Crippen molar-refractivity contribution in [3.63, 3.8) is 0 Å². The first-order chi connectivity index (χ1) is 9.08. The van der Waals surface area contributed by atoms with Gasteiger partial charge in [0.1, 0.15) is 0 Å². The number of anilines is 1. The number of nitrogens with one attached hydrogen (secondary N) is 1. The number of amides is 1. The number of carbonyl (C=O) groups is 1. The van der Waals surface area contributed by atoms with E-state index in [1.807, 2.05) is 25.1 Å². The van der Waals surface area contributed by atoms with Gasteiger partial charge in [-0.2, -0.15) is 0 Å². The first kappa shape index (κ1) is 13.9. The number of hydrogen-bond acceptors (Lipinski definition) is 3. The Hall–Kier alpha value is -1.55. The quantitative estimate of drug-likeness (QED) is 0.727. The number of nitrogens with two attached hydrogens (primary N) is 1. The van der Waals surface area contributed by atoms with E-state index < -0.39 is 6.10 Å². The van der Waals surface area contributed by atoms with Crippen LogP contribution in [0.4, 0.5) is 5.69 Å². The fourth-order valence-corrected chi connectivity index (χ4v) is 2.57. The number of aliphatic hydroxyl groups is 1. The molecule has 4 N–H and O–H groups in total. The maximum absolute atomic E-state index is 12.2. The van der Waals surface area contributed by atoms with Crippen molar-refractivity contribution in [1.82, 2.24) is 5.32 Å². The molecule has 0 saturated heterocycles. The highest BCUT2D eigenvalue weighted by atomic mass is 16.3. The molecule has 1 aromatic rings. The van der Waals surface area contributed by atoms with E-state index in [-0.39, 0.29) is 17.9 Å². The Labute approximate surface area is 114 Å². The van der Waals surface area contributed by atoms with Crippen molar-refractivity contribution < 1.29 is 9.90 Å². The van der Waals surface area contributed by atoms with E-state index in [9.17, 15) is 9.90 Å². The average Bonchev–Trinajstić information content (AvgIpc) is 2.40. The third-order valence-corrected chi connectivity index (χ3v) is 3.86. The van der Waals surface area contributed by atoms with Gasteiger partial charge in [0.05, 0.1) is 18.1 Å². The van der Waals surface area contributed by atoms with E-state index in [1.165, 1.54) is 0 Å². The molecule has 0 radical (unpaired) electrons. The fraction of sp³-hybridized carbons (Fsp3) is 0.533. The zero-order valence-electron chi connectivity index (χ0n) is 11.3. The molecule has 1 saturated carbocycles. The van der Waals surface area contributed by atoms with Crippen molar-refractivity contribution in [2.45, 2.75) is 50.7 Å². The third kappa shape index (κ3) is 3.47. The molecule has 1 amide bonds. The summed E-state index contributed by atoms with van der Waals surface area (Å²) in [6, 6.07) is 7.27. The van der Waals surface area contributed by atoms with Gasteiger partial charge in [-0.3, -0.25) is 4.79 Å². The highest BCUT2D eigenvalue weighted by molar-refractivity contribution is 5.83. The van der Waals surface area contributed by atoms with Crippen LogP contribution in [0.25, 0.3) is 0 Å². The van der Waals surface area contributed by atoms with Crippen molar-refractivity contribution in [3.05, 3.63) is 29.8 Å². The van der Waals surface area contributed by atoms with Gasteiger partial charge >= 0.3 is 0 Å². The molecule has 1 unspecified atom stereocenters. The van der Waals surface area contributed by atoms with E-state index in [4.69, 9.17) is 5.73 Å². The summed E-state index contributed by atoms with van der Waals surface area (Å²) in [5.41, 5.74) is 7.30. The molecular weight excluding hydrogens is 240 g/mol. The second-order valence-electron chi connectivity index (χ2n) is 5.36. The molecule has 0 aliphatic heterocycles. The zero-order chi connectivity index (χ0) is 13.8. The van der Waals surface area contributed by atoms with Crippen LogP contribution in [0, 0.1) is 0 Å². The number of rotatable bonds is 3. The molecule has 0 aromatic heterocycles. The predicted molar refractivity (Wildman–Crippen MR) is 75.7 cm³/mol. The SMILES string of the molecule is CC(C(=O)N[C@@H]1CCCC[C@H]1O)c1cccc(N)c1. The number of benzene rings is 1. The molecule has 19 heavy (non-hydrogen) atoms. The van der Waals surface area contributed by atoms with Crippen molar-refractivity contribution in [2.75, 3.05) is 5.73 Å². The smallest absolute Gasteiger partial charge is 0.227 e. The van der Waals surface area contributed by atoms with E-state index in [0.29, 0.717) is 5.69 Å². The lowest BCUT2D eigenvalue weighted by atomic mass is 9.91. The second kappa shape index (κ2) is 6.06. The van der Waals surface area contributed by atoms with Crippen LogP contribution >= 0.6 is 0 Å². The van der Waals surface area contributed by atoms with Gasteiger partial charge in [0, 0.05) is 5.69 Å². The Morgan fingerprint density at radius 2 is 2.16 bits per heavy atom. The van der Waals surface area contributed by atoms with Gasteiger partial charge in [-0.05, 0) is 37.5 Å². The van der Waals surface area contributed by atoms with E-state index in [0.717, 1.165) is 31.2 Å². The van der Waals surface area contributed by atoms with Crippen LogP contribution in [-0.4, -0.2) is 23.2 Å². The molecule has 0 heterocycles. The Morgan fingerprint density at radius 3 is 2.84 bits per heavy atom. The number of nitrogen functional groups attached to an aromatic ring is 1. The van der Waals surface area contributed by atoms with E-state index in [1.54, 1.807) is 6.07 Å². The molecule has 1 aliphatic carbocycles. The number of carbonyl (C=O) groups excluding carboxylic acids is 1. The summed E-state index contributed by atoms with van der Waals surface area (Å²) in [6.45, 7) is 1.86. The van der Waals surface area contributed by atoms with Gasteiger partial charge in [-0.25, -0.2) is 0 Å². The van der Waals surface area contributed by atoms with Crippen molar-refractivity contribution in [2.24, 2.45) is 0 Å². The lowest BCUT2D eigenvalue weighted by Crippen LogP contribution is -2.46. The molecular formula is C15H22N2O2. The average molecular weight is 262 g/mol. The molecule has 4 heteroatoms. The molecule has 0 bridgehead atoms. The molecule has 1 aromatic carbocycles. The van der Waals surface area contributed by atoms with Gasteiger partial charge in [-0.1, -0.05) is 25.0 Å². The van der Waals surface area contributed by atoms with Gasteiger partial charge in [-0.15, -0.1) is 0 Å². The van der Waals surface area contributed by atoms with Crippen LogP contribution in [0.15, 0.2) is 24.3 Å². The van der Waals surface area contributed by atoms with E-state index >= 15 is 0 Å². The maximum atomic E-state index is 12.2. The summed E-state index contributed by atoms with van der Waals surface area (Å²) in [7, 11) is 0.